The molecule has 0 unspecified atom stereocenters. The van der Waals surface area contributed by atoms with Gasteiger partial charge in [-0.15, -0.1) is 0 Å². The van der Waals surface area contributed by atoms with Gasteiger partial charge in [0.05, 0.1) is 17.3 Å². The number of rotatable bonds is 4. The Morgan fingerprint density at radius 3 is 2.83 bits per heavy atom. The maximum absolute atomic E-state index is 11.9. The number of amides is 1. The van der Waals surface area contributed by atoms with E-state index in [2.05, 4.69) is 10.6 Å². The van der Waals surface area contributed by atoms with Gasteiger partial charge in [-0.05, 0) is 25.2 Å². The number of hydrogen-bond donors (Lipinski definition) is 2. The number of carbonyl (C=O) groups is 1. The van der Waals surface area contributed by atoms with E-state index in [0.29, 0.717) is 28.3 Å². The van der Waals surface area contributed by atoms with Crippen molar-refractivity contribution in [2.45, 2.75) is 6.04 Å². The minimum Gasteiger partial charge on any atom is -0.324 e. The zero-order valence-corrected chi connectivity index (χ0v) is 11.6. The maximum atomic E-state index is 11.9. The van der Waals surface area contributed by atoms with Crippen LogP contribution in [0.2, 0.25) is 10.0 Å². The summed E-state index contributed by atoms with van der Waals surface area (Å²) >= 11 is 11.8. The number of anilines is 1. The second-order valence-electron chi connectivity index (χ2n) is 4.40. The molecule has 4 nitrogen and oxygen atoms in total. The van der Waals surface area contributed by atoms with Crippen molar-refractivity contribution in [2.24, 2.45) is 0 Å². The number of carbonyl (C=O) groups excluding carboxylic acids is 1. The molecule has 1 aliphatic heterocycles. The first kappa shape index (κ1) is 13.6. The van der Waals surface area contributed by atoms with Crippen LogP contribution in [0.3, 0.4) is 0 Å². The van der Waals surface area contributed by atoms with Gasteiger partial charge in [-0.2, -0.15) is 0 Å². The van der Waals surface area contributed by atoms with Gasteiger partial charge in [0.15, 0.2) is 0 Å². The molecule has 0 radical (unpaired) electrons. The lowest BCUT2D eigenvalue weighted by atomic mass is 10.1. The third kappa shape index (κ3) is 3.36. The van der Waals surface area contributed by atoms with Crippen molar-refractivity contribution in [3.63, 3.8) is 0 Å². The van der Waals surface area contributed by atoms with Crippen LogP contribution in [0.4, 0.5) is 5.69 Å². The van der Waals surface area contributed by atoms with Crippen LogP contribution in [0, 0.1) is 0 Å². The monoisotopic (exact) mass is 287 g/mol. The molecule has 0 saturated carbocycles. The number of likely N-dealkylation sites (N-methyl/N-ethyl adjacent to an activating group) is 1. The van der Waals surface area contributed by atoms with Crippen LogP contribution in [-0.4, -0.2) is 43.5 Å². The van der Waals surface area contributed by atoms with Gasteiger partial charge in [0, 0.05) is 24.2 Å². The van der Waals surface area contributed by atoms with Crippen LogP contribution in [-0.2, 0) is 4.79 Å². The summed E-state index contributed by atoms with van der Waals surface area (Å²) in [4.78, 5) is 13.9. The summed E-state index contributed by atoms with van der Waals surface area (Å²) in [7, 11) is 1.94. The number of benzene rings is 1. The molecular weight excluding hydrogens is 273 g/mol. The second kappa shape index (κ2) is 5.89. The fourth-order valence-electron chi connectivity index (χ4n) is 1.72. The zero-order valence-electron chi connectivity index (χ0n) is 10.0. The second-order valence-corrected chi connectivity index (χ2v) is 5.24. The van der Waals surface area contributed by atoms with E-state index in [1.54, 1.807) is 18.2 Å². The lowest BCUT2D eigenvalue weighted by Crippen LogP contribution is -2.57. The van der Waals surface area contributed by atoms with Crippen molar-refractivity contribution in [2.75, 3.05) is 32.0 Å². The van der Waals surface area contributed by atoms with Gasteiger partial charge >= 0.3 is 0 Å². The molecule has 0 aliphatic carbocycles. The maximum Gasteiger partial charge on any atom is 0.238 e. The average molecular weight is 288 g/mol. The lowest BCUT2D eigenvalue weighted by molar-refractivity contribution is -0.117. The minimum atomic E-state index is -0.0893. The van der Waals surface area contributed by atoms with Gasteiger partial charge in [0.2, 0.25) is 5.91 Å². The molecule has 0 aromatic heterocycles. The van der Waals surface area contributed by atoms with Gasteiger partial charge in [-0.1, -0.05) is 23.2 Å². The summed E-state index contributed by atoms with van der Waals surface area (Å²) in [6.45, 7) is 2.21. The summed E-state index contributed by atoms with van der Waals surface area (Å²) in [5, 5.41) is 6.97. The van der Waals surface area contributed by atoms with E-state index in [9.17, 15) is 4.79 Å². The highest BCUT2D eigenvalue weighted by molar-refractivity contribution is 6.35. The van der Waals surface area contributed by atoms with Crippen LogP contribution in [0.15, 0.2) is 18.2 Å². The van der Waals surface area contributed by atoms with E-state index in [0.717, 1.165) is 13.1 Å². The number of halogens is 2. The topological polar surface area (TPSA) is 44.4 Å². The molecule has 6 heteroatoms. The van der Waals surface area contributed by atoms with Crippen molar-refractivity contribution in [1.82, 2.24) is 10.2 Å². The first-order chi connectivity index (χ1) is 8.56. The van der Waals surface area contributed by atoms with E-state index in [-0.39, 0.29) is 5.91 Å². The lowest BCUT2D eigenvalue weighted by Gasteiger charge is -2.35. The van der Waals surface area contributed by atoms with Crippen molar-refractivity contribution in [3.05, 3.63) is 28.2 Å². The van der Waals surface area contributed by atoms with Crippen LogP contribution < -0.4 is 10.6 Å². The highest BCUT2D eigenvalue weighted by Gasteiger charge is 2.23. The molecule has 0 spiro atoms. The van der Waals surface area contributed by atoms with E-state index in [4.69, 9.17) is 23.2 Å². The van der Waals surface area contributed by atoms with Crippen molar-refractivity contribution >= 4 is 34.8 Å². The Labute approximate surface area is 116 Å². The molecule has 98 valence electrons. The summed E-state index contributed by atoms with van der Waals surface area (Å²) in [6.07, 6.45) is 0. The molecule has 1 aromatic rings. The first-order valence-electron chi connectivity index (χ1n) is 5.72. The van der Waals surface area contributed by atoms with Crippen molar-refractivity contribution < 1.29 is 4.79 Å². The van der Waals surface area contributed by atoms with Crippen LogP contribution >= 0.6 is 23.2 Å². The van der Waals surface area contributed by atoms with Crippen LogP contribution in [0.1, 0.15) is 0 Å². The quantitative estimate of drug-likeness (QED) is 0.888. The average Bonchev–Trinajstić information content (AvgIpc) is 2.20. The smallest absolute Gasteiger partial charge is 0.238 e. The van der Waals surface area contributed by atoms with E-state index >= 15 is 0 Å². The fraction of sp³-hybridized carbons (Fsp3) is 0.417. The molecule has 0 bridgehead atoms. The molecular formula is C12H15Cl2N3O. The highest BCUT2D eigenvalue weighted by atomic mass is 35.5. The molecule has 1 aliphatic rings. The largest absolute Gasteiger partial charge is 0.324 e. The SMILES string of the molecule is CN(CC(=O)Nc1cc(Cl)ccc1Cl)C1CNC1. The minimum absolute atomic E-state index is 0.0893. The molecule has 2 rings (SSSR count). The molecule has 2 N–H and O–H groups in total. The Bertz CT molecular complexity index is 449. The van der Waals surface area contributed by atoms with E-state index in [1.807, 2.05) is 11.9 Å². The van der Waals surface area contributed by atoms with Gasteiger partial charge in [0.25, 0.3) is 0 Å². The Hall–Kier alpha value is -0.810. The summed E-state index contributed by atoms with van der Waals surface area (Å²) < 4.78 is 0. The van der Waals surface area contributed by atoms with Gasteiger partial charge in [0.1, 0.15) is 0 Å². The Kier molecular flexibility index (Phi) is 4.45. The van der Waals surface area contributed by atoms with Crippen LogP contribution in [0.25, 0.3) is 0 Å². The van der Waals surface area contributed by atoms with Gasteiger partial charge < -0.3 is 10.6 Å². The standard InChI is InChI=1S/C12H15Cl2N3O/c1-17(9-5-15-6-9)7-12(18)16-11-4-8(13)2-3-10(11)14/h2-4,9,15H,5-7H2,1H3,(H,16,18). The number of hydrogen-bond acceptors (Lipinski definition) is 3. The highest BCUT2D eigenvalue weighted by Crippen LogP contribution is 2.25. The predicted molar refractivity (Wildman–Crippen MR) is 74.4 cm³/mol. The Morgan fingerprint density at radius 1 is 1.50 bits per heavy atom. The molecule has 1 fully saturated rings. The third-order valence-electron chi connectivity index (χ3n) is 2.98. The van der Waals surface area contributed by atoms with E-state index in [1.165, 1.54) is 0 Å². The molecule has 18 heavy (non-hydrogen) atoms. The van der Waals surface area contributed by atoms with Crippen LogP contribution in [0.5, 0.6) is 0 Å². The molecule has 1 saturated heterocycles. The van der Waals surface area contributed by atoms with Gasteiger partial charge in [-0.3, -0.25) is 9.69 Å². The third-order valence-corrected chi connectivity index (χ3v) is 3.54. The van der Waals surface area contributed by atoms with Crippen molar-refractivity contribution in [1.29, 1.82) is 0 Å². The van der Waals surface area contributed by atoms with Gasteiger partial charge in [-0.25, -0.2) is 0 Å². The summed E-state index contributed by atoms with van der Waals surface area (Å²) in [5.74, 6) is -0.0893. The van der Waals surface area contributed by atoms with E-state index < -0.39 is 0 Å². The molecule has 1 heterocycles. The molecule has 1 aromatic carbocycles. The predicted octanol–water partition coefficient (Wildman–Crippen LogP) is 1.84. The molecule has 0 atom stereocenters. The summed E-state index contributed by atoms with van der Waals surface area (Å²) in [5.41, 5.74) is 0.550. The molecule has 1 amide bonds. The Morgan fingerprint density at radius 2 is 2.22 bits per heavy atom. The Balaban J connectivity index is 1.91. The zero-order chi connectivity index (χ0) is 13.1. The normalized spacial score (nSPS) is 15.6. The first-order valence-corrected chi connectivity index (χ1v) is 6.47. The number of nitrogens with one attached hydrogen (secondary N) is 2. The fourth-order valence-corrected chi connectivity index (χ4v) is 2.06. The van der Waals surface area contributed by atoms with Crippen molar-refractivity contribution in [3.8, 4) is 0 Å². The number of nitrogens with zero attached hydrogens (tertiary/aromatic N) is 1. The summed E-state index contributed by atoms with van der Waals surface area (Å²) in [6, 6.07) is 5.43.